The fourth-order valence-corrected chi connectivity index (χ4v) is 3.08. The predicted molar refractivity (Wildman–Crippen MR) is 111 cm³/mol. The number of methoxy groups -OCH3 is 1. The number of benzene rings is 1. The molecular weight excluding hydrogens is 431 g/mol. The van der Waals surface area contributed by atoms with E-state index in [1.165, 1.54) is 38.3 Å². The first-order valence-corrected chi connectivity index (χ1v) is 9.75. The topological polar surface area (TPSA) is 115 Å². The zero-order chi connectivity index (χ0) is 23.9. The molecule has 1 aliphatic heterocycles. The van der Waals surface area contributed by atoms with Gasteiger partial charge in [0.1, 0.15) is 17.3 Å². The van der Waals surface area contributed by atoms with E-state index in [9.17, 15) is 18.0 Å². The number of carboxylic acids is 1. The average Bonchev–Trinajstić information content (AvgIpc) is 2.74. The van der Waals surface area contributed by atoms with Crippen molar-refractivity contribution in [3.8, 4) is 5.75 Å². The van der Waals surface area contributed by atoms with Crippen LogP contribution in [0.1, 0.15) is 37.9 Å². The van der Waals surface area contributed by atoms with Crippen molar-refractivity contribution in [3.05, 3.63) is 53.6 Å². The van der Waals surface area contributed by atoms with Crippen LogP contribution < -0.4 is 15.8 Å². The number of nitrogens with zero attached hydrogens (tertiary/aromatic N) is 1. The Kier molecular flexibility index (Phi) is 8.53. The Hall–Kier alpha value is -3.21. The molecule has 2 rings (SSSR count). The zero-order valence-electron chi connectivity index (χ0n) is 17.7. The summed E-state index contributed by atoms with van der Waals surface area (Å²) in [6, 6.07) is 5.56. The number of nitrogens with two attached hydrogens (primary N) is 1. The van der Waals surface area contributed by atoms with E-state index in [0.717, 1.165) is 12.0 Å². The number of hydrogen-bond acceptors (Lipinski definition) is 6. The van der Waals surface area contributed by atoms with Crippen LogP contribution in [0, 0.1) is 0 Å². The van der Waals surface area contributed by atoms with Crippen LogP contribution in [-0.4, -0.2) is 43.0 Å². The quantitative estimate of drug-likeness (QED) is 0.236. The van der Waals surface area contributed by atoms with Gasteiger partial charge >= 0.3 is 12.3 Å². The molecule has 0 aromatic heterocycles. The van der Waals surface area contributed by atoms with E-state index in [2.05, 4.69) is 21.6 Å². The van der Waals surface area contributed by atoms with Crippen molar-refractivity contribution in [3.63, 3.8) is 0 Å². The number of halogens is 3. The molecule has 8 nitrogen and oxygen atoms in total. The van der Waals surface area contributed by atoms with Gasteiger partial charge in [-0.25, -0.2) is 4.79 Å². The lowest BCUT2D eigenvalue weighted by molar-refractivity contribution is -0.274. The second-order valence-electron chi connectivity index (χ2n) is 7.08. The number of carboxylic acid groups (broad SMARTS) is 1. The summed E-state index contributed by atoms with van der Waals surface area (Å²) in [5.41, 5.74) is 6.18. The molecule has 176 valence electrons. The molecule has 0 spiro atoms. The standard InChI is InChI=1S/C21H26F3N3O5/c1-12(18(25)20(28)29)19(27-13(2)30-3)26-11-16-5-4-6-17(31-16)14-7-9-15(10-8-14)32-21(22,23)24/h7-10,16-17H,2,4-6,11,25H2,1,3H3,(H,26,27)(H,28,29)/b18-12-/t16-,17+/m1/s1. The van der Waals surface area contributed by atoms with E-state index in [1.807, 2.05) is 0 Å². The second-order valence-corrected chi connectivity index (χ2v) is 7.08. The highest BCUT2D eigenvalue weighted by molar-refractivity contribution is 6.04. The van der Waals surface area contributed by atoms with Crippen LogP contribution in [0.4, 0.5) is 13.2 Å². The van der Waals surface area contributed by atoms with Crippen molar-refractivity contribution >= 4 is 11.8 Å². The van der Waals surface area contributed by atoms with Gasteiger partial charge in [0.25, 0.3) is 0 Å². The third kappa shape index (κ3) is 7.49. The number of hydrogen-bond donors (Lipinski definition) is 3. The number of alkyl halides is 3. The van der Waals surface area contributed by atoms with Crippen LogP contribution in [0.5, 0.6) is 5.75 Å². The third-order valence-electron chi connectivity index (χ3n) is 4.78. The lowest BCUT2D eigenvalue weighted by atomic mass is 9.98. The van der Waals surface area contributed by atoms with Gasteiger partial charge in [-0.15, -0.1) is 13.2 Å². The normalized spacial score (nSPS) is 20.2. The molecule has 1 aromatic carbocycles. The van der Waals surface area contributed by atoms with Gasteiger partial charge < -0.3 is 30.4 Å². The molecule has 0 aliphatic carbocycles. The Morgan fingerprint density at radius 3 is 2.56 bits per heavy atom. The van der Waals surface area contributed by atoms with Crippen LogP contribution >= 0.6 is 0 Å². The highest BCUT2D eigenvalue weighted by Crippen LogP contribution is 2.33. The molecule has 0 bridgehead atoms. The molecule has 32 heavy (non-hydrogen) atoms. The predicted octanol–water partition coefficient (Wildman–Crippen LogP) is 3.62. The SMILES string of the molecule is C=C(NC(=NC[C@H]1CCC[C@@H](c2ccc(OC(F)(F)F)cc2)O1)/C(C)=C(\N)C(=O)O)OC. The average molecular weight is 457 g/mol. The van der Waals surface area contributed by atoms with Gasteiger partial charge in [0.15, 0.2) is 5.88 Å². The van der Waals surface area contributed by atoms with Crippen molar-refractivity contribution in [1.82, 2.24) is 5.32 Å². The summed E-state index contributed by atoms with van der Waals surface area (Å²) in [6.07, 6.45) is -3.10. The summed E-state index contributed by atoms with van der Waals surface area (Å²) in [4.78, 5) is 15.6. The van der Waals surface area contributed by atoms with Gasteiger partial charge in [0, 0.05) is 5.57 Å². The van der Waals surface area contributed by atoms with Crippen molar-refractivity contribution in [2.75, 3.05) is 13.7 Å². The molecule has 1 fully saturated rings. The molecule has 11 heteroatoms. The van der Waals surface area contributed by atoms with Gasteiger partial charge in [-0.05, 0) is 50.5 Å². The van der Waals surface area contributed by atoms with Gasteiger partial charge in [-0.3, -0.25) is 4.99 Å². The Bertz CT molecular complexity index is 882. The maximum Gasteiger partial charge on any atom is 0.573 e. The molecule has 0 saturated carbocycles. The Morgan fingerprint density at radius 1 is 1.34 bits per heavy atom. The van der Waals surface area contributed by atoms with Gasteiger partial charge in [-0.2, -0.15) is 0 Å². The molecule has 0 radical (unpaired) electrons. The summed E-state index contributed by atoms with van der Waals surface area (Å²) >= 11 is 0. The molecule has 4 N–H and O–H groups in total. The highest BCUT2D eigenvalue weighted by Gasteiger charge is 2.31. The summed E-state index contributed by atoms with van der Waals surface area (Å²) in [6.45, 7) is 5.35. The maximum atomic E-state index is 12.3. The lowest BCUT2D eigenvalue weighted by Gasteiger charge is -2.30. The number of ether oxygens (including phenoxy) is 3. The molecule has 2 atom stereocenters. The van der Waals surface area contributed by atoms with E-state index in [4.69, 9.17) is 20.3 Å². The Labute approximate surface area is 183 Å². The van der Waals surface area contributed by atoms with Crippen molar-refractivity contribution < 1.29 is 37.3 Å². The van der Waals surface area contributed by atoms with Gasteiger partial charge in [-0.1, -0.05) is 12.1 Å². The van der Waals surface area contributed by atoms with E-state index < -0.39 is 12.3 Å². The summed E-state index contributed by atoms with van der Waals surface area (Å²) in [7, 11) is 1.40. The summed E-state index contributed by atoms with van der Waals surface area (Å²) < 4.78 is 51.9. The number of carbonyl (C=O) groups is 1. The van der Waals surface area contributed by atoms with E-state index in [1.54, 1.807) is 0 Å². The van der Waals surface area contributed by atoms with Crippen LogP contribution in [0.2, 0.25) is 0 Å². The fraction of sp³-hybridized carbons (Fsp3) is 0.429. The number of amidine groups is 1. The number of nitrogens with one attached hydrogen (secondary N) is 1. The van der Waals surface area contributed by atoms with E-state index in [-0.39, 0.29) is 47.5 Å². The minimum atomic E-state index is -4.75. The minimum absolute atomic E-state index is 0.157. The molecular formula is C21H26F3N3O5. The summed E-state index contributed by atoms with van der Waals surface area (Å²) in [5, 5.41) is 11.9. The Balaban J connectivity index is 2.11. The molecule has 0 unspecified atom stereocenters. The fourth-order valence-electron chi connectivity index (χ4n) is 3.08. The van der Waals surface area contributed by atoms with E-state index >= 15 is 0 Å². The van der Waals surface area contributed by atoms with Gasteiger partial charge in [0.05, 0.1) is 25.9 Å². The van der Waals surface area contributed by atoms with Crippen LogP contribution in [0.25, 0.3) is 0 Å². The third-order valence-corrected chi connectivity index (χ3v) is 4.78. The largest absolute Gasteiger partial charge is 0.573 e. The first kappa shape index (κ1) is 25.1. The highest BCUT2D eigenvalue weighted by atomic mass is 19.4. The summed E-state index contributed by atoms with van der Waals surface area (Å²) in [5.74, 6) is -1.24. The van der Waals surface area contributed by atoms with Crippen LogP contribution in [-0.2, 0) is 14.3 Å². The van der Waals surface area contributed by atoms with Gasteiger partial charge in [0.2, 0.25) is 0 Å². The van der Waals surface area contributed by atoms with Crippen molar-refractivity contribution in [2.45, 2.75) is 44.8 Å². The van der Waals surface area contributed by atoms with Crippen LogP contribution in [0.3, 0.4) is 0 Å². The Morgan fingerprint density at radius 2 is 2.00 bits per heavy atom. The number of aliphatic imine (C=N–C) groups is 1. The lowest BCUT2D eigenvalue weighted by Crippen LogP contribution is -2.31. The minimum Gasteiger partial charge on any atom is -0.483 e. The molecule has 0 amide bonds. The second kappa shape index (κ2) is 10.9. The molecule has 1 saturated heterocycles. The van der Waals surface area contributed by atoms with E-state index in [0.29, 0.717) is 12.8 Å². The number of aliphatic carboxylic acids is 1. The van der Waals surface area contributed by atoms with Crippen LogP contribution in [0.15, 0.2) is 53.0 Å². The number of rotatable bonds is 8. The smallest absolute Gasteiger partial charge is 0.483 e. The molecule has 1 heterocycles. The maximum absolute atomic E-state index is 12.3. The first-order chi connectivity index (χ1) is 15.0. The zero-order valence-corrected chi connectivity index (χ0v) is 17.7. The van der Waals surface area contributed by atoms with Crippen molar-refractivity contribution in [2.24, 2.45) is 10.7 Å². The molecule has 1 aromatic rings. The first-order valence-electron chi connectivity index (χ1n) is 9.75. The van der Waals surface area contributed by atoms with Crippen molar-refractivity contribution in [1.29, 1.82) is 0 Å². The molecule has 1 aliphatic rings. The monoisotopic (exact) mass is 457 g/mol.